The molecule has 0 saturated heterocycles. The van der Waals surface area contributed by atoms with Crippen LogP contribution in [0, 0.1) is 0 Å². The second-order valence-corrected chi connectivity index (χ2v) is 5.93. The van der Waals surface area contributed by atoms with Crippen molar-refractivity contribution in [3.8, 4) is 0 Å². The van der Waals surface area contributed by atoms with Gasteiger partial charge in [0.15, 0.2) is 6.10 Å². The standard InChI is InChI=1S/C13H15F3O5S/c1-2-6-11(21-22(18,19)13(14,15)16)12(17)20-9-10-7-4-3-5-8-10/h3-5,7-8,11H,2,6,9H2,1H3. The normalized spacial score (nSPS) is 13.6. The molecule has 0 heterocycles. The molecule has 1 unspecified atom stereocenters. The van der Waals surface area contributed by atoms with Gasteiger partial charge < -0.3 is 4.74 Å². The highest BCUT2D eigenvalue weighted by Gasteiger charge is 2.49. The van der Waals surface area contributed by atoms with Crippen molar-refractivity contribution >= 4 is 16.1 Å². The Labute approximate surface area is 126 Å². The molecule has 0 spiro atoms. The summed E-state index contributed by atoms with van der Waals surface area (Å²) in [6, 6.07) is 8.42. The Balaban J connectivity index is 2.72. The first-order chi connectivity index (χ1) is 10.2. The van der Waals surface area contributed by atoms with Gasteiger partial charge >= 0.3 is 21.6 Å². The van der Waals surface area contributed by atoms with Gasteiger partial charge in [-0.1, -0.05) is 43.7 Å². The Morgan fingerprint density at radius 3 is 2.32 bits per heavy atom. The predicted molar refractivity (Wildman–Crippen MR) is 71.0 cm³/mol. The van der Waals surface area contributed by atoms with Gasteiger partial charge in [-0.2, -0.15) is 21.6 Å². The molecule has 0 amide bonds. The number of hydrogen-bond acceptors (Lipinski definition) is 5. The molecule has 0 bridgehead atoms. The molecule has 0 aliphatic rings. The number of esters is 1. The molecular formula is C13H15F3O5S. The van der Waals surface area contributed by atoms with Crippen LogP contribution in [-0.2, 0) is 30.4 Å². The number of hydrogen-bond donors (Lipinski definition) is 0. The van der Waals surface area contributed by atoms with Crippen LogP contribution < -0.4 is 0 Å². The fourth-order valence-corrected chi connectivity index (χ4v) is 2.09. The monoisotopic (exact) mass is 340 g/mol. The van der Waals surface area contributed by atoms with Gasteiger partial charge in [-0.3, -0.25) is 0 Å². The van der Waals surface area contributed by atoms with E-state index < -0.39 is 27.7 Å². The van der Waals surface area contributed by atoms with Crippen molar-refractivity contribution in [2.24, 2.45) is 0 Å². The van der Waals surface area contributed by atoms with Gasteiger partial charge in [0.1, 0.15) is 6.61 Å². The molecule has 0 aromatic heterocycles. The van der Waals surface area contributed by atoms with E-state index in [2.05, 4.69) is 4.18 Å². The maximum atomic E-state index is 12.3. The highest BCUT2D eigenvalue weighted by atomic mass is 32.2. The van der Waals surface area contributed by atoms with Crippen LogP contribution in [0.4, 0.5) is 13.2 Å². The lowest BCUT2D eigenvalue weighted by atomic mass is 10.2. The second kappa shape index (κ2) is 7.59. The van der Waals surface area contributed by atoms with E-state index in [1.165, 1.54) is 0 Å². The minimum Gasteiger partial charge on any atom is -0.459 e. The molecule has 1 rings (SSSR count). The highest BCUT2D eigenvalue weighted by Crippen LogP contribution is 2.27. The van der Waals surface area contributed by atoms with Crippen LogP contribution in [0.15, 0.2) is 30.3 Å². The summed E-state index contributed by atoms with van der Waals surface area (Å²) in [4.78, 5) is 11.7. The SMILES string of the molecule is CCCC(OS(=O)(=O)C(F)(F)F)C(=O)OCc1ccccc1. The molecule has 0 aliphatic carbocycles. The van der Waals surface area contributed by atoms with E-state index in [1.54, 1.807) is 37.3 Å². The topological polar surface area (TPSA) is 69.7 Å². The van der Waals surface area contributed by atoms with Crippen LogP contribution in [-0.4, -0.2) is 26.0 Å². The third-order valence-electron chi connectivity index (χ3n) is 2.56. The summed E-state index contributed by atoms with van der Waals surface area (Å²) in [5, 5.41) is 0. The molecule has 22 heavy (non-hydrogen) atoms. The van der Waals surface area contributed by atoms with E-state index in [9.17, 15) is 26.4 Å². The van der Waals surface area contributed by atoms with Crippen molar-refractivity contribution in [3.05, 3.63) is 35.9 Å². The van der Waals surface area contributed by atoms with Crippen LogP contribution in [0.2, 0.25) is 0 Å². The van der Waals surface area contributed by atoms with Crippen molar-refractivity contribution in [1.82, 2.24) is 0 Å². The number of carbonyl (C=O) groups excluding carboxylic acids is 1. The Morgan fingerprint density at radius 2 is 1.82 bits per heavy atom. The van der Waals surface area contributed by atoms with E-state index in [-0.39, 0.29) is 19.4 Å². The molecule has 124 valence electrons. The zero-order valence-electron chi connectivity index (χ0n) is 11.7. The lowest BCUT2D eigenvalue weighted by Gasteiger charge is -2.17. The van der Waals surface area contributed by atoms with Gasteiger partial charge in [-0.05, 0) is 12.0 Å². The van der Waals surface area contributed by atoms with Crippen molar-refractivity contribution in [1.29, 1.82) is 0 Å². The van der Waals surface area contributed by atoms with E-state index >= 15 is 0 Å². The fourth-order valence-electron chi connectivity index (χ4n) is 1.50. The zero-order valence-corrected chi connectivity index (χ0v) is 12.5. The van der Waals surface area contributed by atoms with Gasteiger partial charge in [0.05, 0.1) is 0 Å². The minimum absolute atomic E-state index is 0.185. The first kappa shape index (κ1) is 18.4. The maximum absolute atomic E-state index is 12.3. The summed E-state index contributed by atoms with van der Waals surface area (Å²) < 4.78 is 67.5. The first-order valence-corrected chi connectivity index (χ1v) is 7.78. The van der Waals surface area contributed by atoms with Crippen LogP contribution in [0.3, 0.4) is 0 Å². The number of benzene rings is 1. The molecule has 0 radical (unpaired) electrons. The summed E-state index contributed by atoms with van der Waals surface area (Å²) in [5.41, 5.74) is -4.97. The summed E-state index contributed by atoms with van der Waals surface area (Å²) in [7, 11) is -5.85. The average molecular weight is 340 g/mol. The van der Waals surface area contributed by atoms with Crippen molar-refractivity contribution < 1.29 is 35.3 Å². The molecule has 1 aromatic carbocycles. The summed E-state index contributed by atoms with van der Waals surface area (Å²) >= 11 is 0. The summed E-state index contributed by atoms with van der Waals surface area (Å²) in [6.07, 6.45) is -1.78. The molecule has 0 aliphatic heterocycles. The largest absolute Gasteiger partial charge is 0.523 e. The zero-order chi connectivity index (χ0) is 16.8. The van der Waals surface area contributed by atoms with Crippen molar-refractivity contribution in [2.45, 2.75) is 38.0 Å². The second-order valence-electron chi connectivity index (χ2n) is 4.37. The molecule has 0 N–H and O–H groups in total. The van der Waals surface area contributed by atoms with E-state index in [0.29, 0.717) is 5.56 Å². The van der Waals surface area contributed by atoms with Crippen LogP contribution >= 0.6 is 0 Å². The van der Waals surface area contributed by atoms with E-state index in [0.717, 1.165) is 0 Å². The molecule has 9 heteroatoms. The molecule has 0 saturated carbocycles. The van der Waals surface area contributed by atoms with Crippen molar-refractivity contribution in [3.63, 3.8) is 0 Å². The van der Waals surface area contributed by atoms with Crippen molar-refractivity contribution in [2.75, 3.05) is 0 Å². The number of ether oxygens (including phenoxy) is 1. The van der Waals surface area contributed by atoms with E-state index in [1.807, 2.05) is 0 Å². The smallest absolute Gasteiger partial charge is 0.459 e. The highest BCUT2D eigenvalue weighted by molar-refractivity contribution is 7.87. The third kappa shape index (κ3) is 5.30. The Kier molecular flexibility index (Phi) is 6.36. The van der Waals surface area contributed by atoms with Gasteiger partial charge in [-0.15, -0.1) is 0 Å². The third-order valence-corrected chi connectivity index (χ3v) is 3.62. The Morgan fingerprint density at radius 1 is 1.23 bits per heavy atom. The fraction of sp³-hybridized carbons (Fsp3) is 0.462. The Bertz CT molecular complexity index is 583. The van der Waals surface area contributed by atoms with Gasteiger partial charge in [0.2, 0.25) is 0 Å². The molecule has 1 atom stereocenters. The van der Waals surface area contributed by atoms with Gasteiger partial charge in [0.25, 0.3) is 0 Å². The number of halogens is 3. The average Bonchev–Trinajstić information content (AvgIpc) is 2.44. The molecule has 1 aromatic rings. The van der Waals surface area contributed by atoms with Gasteiger partial charge in [0, 0.05) is 0 Å². The quantitative estimate of drug-likeness (QED) is 0.434. The molecule has 5 nitrogen and oxygen atoms in total. The number of rotatable bonds is 7. The first-order valence-electron chi connectivity index (χ1n) is 6.37. The summed E-state index contributed by atoms with van der Waals surface area (Å²) in [5.74, 6) is -1.15. The molecule has 0 fully saturated rings. The predicted octanol–water partition coefficient (Wildman–Crippen LogP) is 2.76. The van der Waals surface area contributed by atoms with Crippen LogP contribution in [0.5, 0.6) is 0 Å². The van der Waals surface area contributed by atoms with E-state index in [4.69, 9.17) is 4.74 Å². The Hall–Kier alpha value is -1.61. The van der Waals surface area contributed by atoms with Crippen LogP contribution in [0.25, 0.3) is 0 Å². The maximum Gasteiger partial charge on any atom is 0.523 e. The summed E-state index contributed by atoms with van der Waals surface area (Å²) in [6.45, 7) is 1.39. The lowest BCUT2D eigenvalue weighted by molar-refractivity contribution is -0.154. The number of alkyl halides is 3. The number of carbonyl (C=O) groups is 1. The van der Waals surface area contributed by atoms with Crippen LogP contribution in [0.1, 0.15) is 25.3 Å². The lowest BCUT2D eigenvalue weighted by Crippen LogP contribution is -2.35. The molecular weight excluding hydrogens is 325 g/mol. The van der Waals surface area contributed by atoms with Gasteiger partial charge in [-0.25, -0.2) is 8.98 Å². The minimum atomic E-state index is -5.85.